The minimum atomic E-state index is -0.276. The van der Waals surface area contributed by atoms with E-state index in [1.807, 2.05) is 0 Å². The second-order valence-electron chi connectivity index (χ2n) is 3.46. The monoisotopic (exact) mass is 156 g/mol. The standard InChI is InChI=1S/C8H12O3/c9-6-2-1-5-4-11-8(10)7(5)3-6/h5-7,9H,1-4H2. The fraction of sp³-hybridized carbons (Fsp3) is 0.875. The molecule has 3 atom stereocenters. The predicted octanol–water partition coefficient (Wildman–Crippen LogP) is 0.320. The van der Waals surface area contributed by atoms with E-state index in [4.69, 9.17) is 4.74 Å². The summed E-state index contributed by atoms with van der Waals surface area (Å²) < 4.78 is 4.90. The molecule has 0 aromatic rings. The number of fused-ring (bicyclic) bond motifs is 1. The molecule has 0 aromatic carbocycles. The average Bonchev–Trinajstić information content (AvgIpc) is 2.33. The number of hydrogen-bond acceptors (Lipinski definition) is 3. The number of esters is 1. The van der Waals surface area contributed by atoms with Gasteiger partial charge in [-0.25, -0.2) is 0 Å². The van der Waals surface area contributed by atoms with Crippen molar-refractivity contribution in [3.8, 4) is 0 Å². The van der Waals surface area contributed by atoms with E-state index < -0.39 is 0 Å². The van der Waals surface area contributed by atoms with Crippen molar-refractivity contribution in [2.45, 2.75) is 25.4 Å². The summed E-state index contributed by atoms with van der Waals surface area (Å²) >= 11 is 0. The van der Waals surface area contributed by atoms with Crippen molar-refractivity contribution in [3.05, 3.63) is 0 Å². The van der Waals surface area contributed by atoms with E-state index in [2.05, 4.69) is 0 Å². The van der Waals surface area contributed by atoms with Crippen LogP contribution >= 0.6 is 0 Å². The Bertz CT molecular complexity index is 178. The van der Waals surface area contributed by atoms with Gasteiger partial charge in [0.05, 0.1) is 18.6 Å². The van der Waals surface area contributed by atoms with Crippen molar-refractivity contribution in [2.75, 3.05) is 6.61 Å². The highest BCUT2D eigenvalue weighted by Gasteiger charge is 2.40. The van der Waals surface area contributed by atoms with Gasteiger partial charge in [0.1, 0.15) is 0 Å². The lowest BCUT2D eigenvalue weighted by Gasteiger charge is -2.24. The number of carbonyl (C=O) groups is 1. The molecule has 1 aliphatic carbocycles. The van der Waals surface area contributed by atoms with E-state index in [1.165, 1.54) is 0 Å². The maximum atomic E-state index is 11.0. The molecule has 0 radical (unpaired) electrons. The first-order valence-corrected chi connectivity index (χ1v) is 4.12. The zero-order chi connectivity index (χ0) is 7.84. The molecule has 1 saturated carbocycles. The van der Waals surface area contributed by atoms with Crippen LogP contribution < -0.4 is 0 Å². The summed E-state index contributed by atoms with van der Waals surface area (Å²) in [6.45, 7) is 0.580. The first-order valence-electron chi connectivity index (χ1n) is 4.12. The molecular formula is C8H12O3. The smallest absolute Gasteiger partial charge is 0.309 e. The molecule has 0 amide bonds. The Hall–Kier alpha value is -0.570. The summed E-state index contributed by atoms with van der Waals surface area (Å²) in [6.07, 6.45) is 2.11. The first kappa shape index (κ1) is 7.10. The van der Waals surface area contributed by atoms with Crippen LogP contribution in [0, 0.1) is 11.8 Å². The largest absolute Gasteiger partial charge is 0.465 e. The SMILES string of the molecule is O=C1OCC2CCC(O)CC12. The summed E-state index contributed by atoms with van der Waals surface area (Å²) in [4.78, 5) is 11.0. The Morgan fingerprint density at radius 1 is 1.45 bits per heavy atom. The number of cyclic esters (lactones) is 1. The van der Waals surface area contributed by atoms with E-state index in [0.717, 1.165) is 12.8 Å². The second kappa shape index (κ2) is 2.48. The van der Waals surface area contributed by atoms with Crippen LogP contribution in [0.25, 0.3) is 0 Å². The van der Waals surface area contributed by atoms with Crippen LogP contribution in [0.3, 0.4) is 0 Å². The second-order valence-corrected chi connectivity index (χ2v) is 3.46. The topological polar surface area (TPSA) is 46.5 Å². The Morgan fingerprint density at radius 2 is 2.27 bits per heavy atom. The Morgan fingerprint density at radius 3 is 3.09 bits per heavy atom. The maximum absolute atomic E-state index is 11.0. The molecule has 3 unspecified atom stereocenters. The fourth-order valence-corrected chi connectivity index (χ4v) is 2.00. The third kappa shape index (κ3) is 1.13. The van der Waals surface area contributed by atoms with Crippen LogP contribution in [0.4, 0.5) is 0 Å². The van der Waals surface area contributed by atoms with E-state index >= 15 is 0 Å². The molecule has 1 saturated heterocycles. The van der Waals surface area contributed by atoms with Crippen molar-refractivity contribution in [3.63, 3.8) is 0 Å². The minimum Gasteiger partial charge on any atom is -0.465 e. The number of aliphatic hydroxyl groups is 1. The number of carbonyl (C=O) groups excluding carboxylic acids is 1. The number of rotatable bonds is 0. The van der Waals surface area contributed by atoms with Crippen molar-refractivity contribution in [2.24, 2.45) is 11.8 Å². The number of aliphatic hydroxyl groups excluding tert-OH is 1. The lowest BCUT2D eigenvalue weighted by Crippen LogP contribution is -2.28. The molecule has 1 heterocycles. The molecule has 0 aromatic heterocycles. The maximum Gasteiger partial charge on any atom is 0.309 e. The molecular weight excluding hydrogens is 144 g/mol. The molecule has 0 bridgehead atoms. The fourth-order valence-electron chi connectivity index (χ4n) is 2.00. The zero-order valence-electron chi connectivity index (χ0n) is 6.32. The van der Waals surface area contributed by atoms with Gasteiger partial charge in [0.15, 0.2) is 0 Å². The molecule has 0 spiro atoms. The molecule has 1 aliphatic heterocycles. The van der Waals surface area contributed by atoms with E-state index in [-0.39, 0.29) is 18.0 Å². The predicted molar refractivity (Wildman–Crippen MR) is 37.8 cm³/mol. The van der Waals surface area contributed by atoms with Crippen molar-refractivity contribution < 1.29 is 14.6 Å². The van der Waals surface area contributed by atoms with Gasteiger partial charge in [-0.05, 0) is 19.3 Å². The lowest BCUT2D eigenvalue weighted by molar-refractivity contribution is -0.142. The molecule has 2 rings (SSSR count). The van der Waals surface area contributed by atoms with Gasteiger partial charge in [-0.1, -0.05) is 0 Å². The molecule has 62 valence electrons. The van der Waals surface area contributed by atoms with Crippen LogP contribution in [-0.4, -0.2) is 23.8 Å². The summed E-state index contributed by atoms with van der Waals surface area (Å²) in [7, 11) is 0. The molecule has 3 heteroatoms. The van der Waals surface area contributed by atoms with Crippen LogP contribution in [0.15, 0.2) is 0 Å². The quantitative estimate of drug-likeness (QED) is 0.514. The third-order valence-electron chi connectivity index (χ3n) is 2.71. The van der Waals surface area contributed by atoms with Crippen molar-refractivity contribution in [1.82, 2.24) is 0 Å². The van der Waals surface area contributed by atoms with Gasteiger partial charge >= 0.3 is 5.97 Å². The Balaban J connectivity index is 2.07. The molecule has 1 N–H and O–H groups in total. The summed E-state index contributed by atoms with van der Waals surface area (Å²) in [6, 6.07) is 0. The van der Waals surface area contributed by atoms with Gasteiger partial charge in [0.2, 0.25) is 0 Å². The highest BCUT2D eigenvalue weighted by Crippen LogP contribution is 2.35. The number of hydrogen-bond donors (Lipinski definition) is 1. The van der Waals surface area contributed by atoms with Gasteiger partial charge in [0.25, 0.3) is 0 Å². The van der Waals surface area contributed by atoms with Gasteiger partial charge in [0, 0.05) is 5.92 Å². The molecule has 2 aliphatic rings. The summed E-state index contributed by atoms with van der Waals surface area (Å²) in [5, 5.41) is 9.27. The van der Waals surface area contributed by atoms with Crippen LogP contribution in [0.5, 0.6) is 0 Å². The Labute approximate surface area is 65.4 Å². The Kier molecular flexibility index (Phi) is 1.60. The molecule has 11 heavy (non-hydrogen) atoms. The van der Waals surface area contributed by atoms with Gasteiger partial charge in [-0.2, -0.15) is 0 Å². The van der Waals surface area contributed by atoms with Crippen LogP contribution in [0.2, 0.25) is 0 Å². The van der Waals surface area contributed by atoms with Gasteiger partial charge in [-0.3, -0.25) is 4.79 Å². The van der Waals surface area contributed by atoms with Gasteiger partial charge in [-0.15, -0.1) is 0 Å². The molecule has 2 fully saturated rings. The van der Waals surface area contributed by atoms with Gasteiger partial charge < -0.3 is 9.84 Å². The highest BCUT2D eigenvalue weighted by molar-refractivity contribution is 5.74. The lowest BCUT2D eigenvalue weighted by atomic mass is 9.80. The first-order chi connectivity index (χ1) is 5.27. The number of ether oxygens (including phenoxy) is 1. The van der Waals surface area contributed by atoms with Crippen molar-refractivity contribution in [1.29, 1.82) is 0 Å². The minimum absolute atomic E-state index is 0.00116. The highest BCUT2D eigenvalue weighted by atomic mass is 16.5. The average molecular weight is 156 g/mol. The zero-order valence-corrected chi connectivity index (χ0v) is 6.32. The van der Waals surface area contributed by atoms with E-state index in [1.54, 1.807) is 0 Å². The molecule has 3 nitrogen and oxygen atoms in total. The van der Waals surface area contributed by atoms with E-state index in [9.17, 15) is 9.90 Å². The summed E-state index contributed by atoms with van der Waals surface area (Å²) in [5.74, 6) is 0.290. The van der Waals surface area contributed by atoms with E-state index in [0.29, 0.717) is 18.9 Å². The van der Waals surface area contributed by atoms with Crippen LogP contribution in [0.1, 0.15) is 19.3 Å². The van der Waals surface area contributed by atoms with Crippen molar-refractivity contribution >= 4 is 5.97 Å². The van der Waals surface area contributed by atoms with Crippen LogP contribution in [-0.2, 0) is 9.53 Å². The normalized spacial score (nSPS) is 43.4. The summed E-state index contributed by atoms with van der Waals surface area (Å²) in [5.41, 5.74) is 0. The third-order valence-corrected chi connectivity index (χ3v) is 2.71.